The van der Waals surface area contributed by atoms with Crippen LogP contribution in [0, 0.1) is 6.92 Å². The van der Waals surface area contributed by atoms with Gasteiger partial charge in [-0.1, -0.05) is 12.1 Å². The number of carbonyl (C=O) groups is 1. The summed E-state index contributed by atoms with van der Waals surface area (Å²) < 4.78 is 10.7. The van der Waals surface area contributed by atoms with E-state index in [1.807, 2.05) is 62.1 Å². The highest BCUT2D eigenvalue weighted by molar-refractivity contribution is 7.15. The molecule has 3 aromatic rings. The molecule has 1 aromatic carbocycles. The van der Waals surface area contributed by atoms with E-state index >= 15 is 0 Å². The van der Waals surface area contributed by atoms with Crippen molar-refractivity contribution in [1.29, 1.82) is 0 Å². The van der Waals surface area contributed by atoms with Gasteiger partial charge in [-0.25, -0.2) is 4.98 Å². The average Bonchev–Trinajstić information content (AvgIpc) is 3.31. The monoisotopic (exact) mass is 370 g/mol. The number of carbonyl (C=O) groups excluding carboxylic acids is 1. The third kappa shape index (κ3) is 3.51. The first-order chi connectivity index (χ1) is 12.5. The lowest BCUT2D eigenvalue weighted by Gasteiger charge is -2.28. The molecular formula is C20H22N2O3S. The molecule has 5 nitrogen and oxygen atoms in total. The zero-order chi connectivity index (χ0) is 18.7. The first-order valence-corrected chi connectivity index (χ1v) is 9.33. The summed E-state index contributed by atoms with van der Waals surface area (Å²) in [6.45, 7) is 6.50. The summed E-state index contributed by atoms with van der Waals surface area (Å²) >= 11 is 1.47. The van der Waals surface area contributed by atoms with E-state index in [9.17, 15) is 4.79 Å². The van der Waals surface area contributed by atoms with Crippen molar-refractivity contribution in [1.82, 2.24) is 9.88 Å². The van der Waals surface area contributed by atoms with Crippen LogP contribution in [-0.4, -0.2) is 29.4 Å². The van der Waals surface area contributed by atoms with Crippen molar-refractivity contribution in [2.75, 3.05) is 13.7 Å². The van der Waals surface area contributed by atoms with Crippen LogP contribution in [0.25, 0.3) is 10.8 Å². The van der Waals surface area contributed by atoms with Gasteiger partial charge < -0.3 is 14.1 Å². The SMILES string of the molecule is CCN(C(=O)c1nc(-c2ccco2)sc1C)C(C)c1cccc(OC)c1. The number of hydrogen-bond acceptors (Lipinski definition) is 5. The Morgan fingerprint density at radius 3 is 2.81 bits per heavy atom. The maximum atomic E-state index is 13.2. The van der Waals surface area contributed by atoms with E-state index in [4.69, 9.17) is 9.15 Å². The molecule has 0 aliphatic carbocycles. The van der Waals surface area contributed by atoms with Crippen molar-refractivity contribution in [3.63, 3.8) is 0 Å². The average molecular weight is 370 g/mol. The van der Waals surface area contributed by atoms with Crippen molar-refractivity contribution < 1.29 is 13.9 Å². The lowest BCUT2D eigenvalue weighted by atomic mass is 10.1. The largest absolute Gasteiger partial charge is 0.497 e. The van der Waals surface area contributed by atoms with E-state index in [0.29, 0.717) is 18.0 Å². The van der Waals surface area contributed by atoms with Gasteiger partial charge in [-0.3, -0.25) is 4.79 Å². The Labute approximate surface area is 157 Å². The third-order valence-corrected chi connectivity index (χ3v) is 5.36. The van der Waals surface area contributed by atoms with Gasteiger partial charge in [0.25, 0.3) is 5.91 Å². The summed E-state index contributed by atoms with van der Waals surface area (Å²) in [5.74, 6) is 1.39. The van der Waals surface area contributed by atoms with Gasteiger partial charge in [-0.15, -0.1) is 11.3 Å². The molecule has 0 aliphatic rings. The zero-order valence-corrected chi connectivity index (χ0v) is 16.2. The second kappa shape index (κ2) is 7.74. The topological polar surface area (TPSA) is 55.6 Å². The van der Waals surface area contributed by atoms with Crippen molar-refractivity contribution in [2.45, 2.75) is 26.8 Å². The molecule has 2 heterocycles. The Hall–Kier alpha value is -2.60. The van der Waals surface area contributed by atoms with E-state index in [1.54, 1.807) is 13.4 Å². The number of methoxy groups -OCH3 is 1. The number of ether oxygens (including phenoxy) is 1. The molecular weight excluding hydrogens is 348 g/mol. The van der Waals surface area contributed by atoms with E-state index in [2.05, 4.69) is 4.98 Å². The minimum atomic E-state index is -0.0873. The van der Waals surface area contributed by atoms with Crippen LogP contribution in [0.2, 0.25) is 0 Å². The van der Waals surface area contributed by atoms with Gasteiger partial charge in [0.15, 0.2) is 10.8 Å². The summed E-state index contributed by atoms with van der Waals surface area (Å²) in [5, 5.41) is 0.723. The predicted molar refractivity (Wildman–Crippen MR) is 103 cm³/mol. The Morgan fingerprint density at radius 2 is 2.15 bits per heavy atom. The molecule has 1 atom stereocenters. The zero-order valence-electron chi connectivity index (χ0n) is 15.4. The molecule has 0 spiro atoms. The molecule has 2 aromatic heterocycles. The van der Waals surface area contributed by atoms with E-state index in [-0.39, 0.29) is 11.9 Å². The fourth-order valence-corrected chi connectivity index (χ4v) is 3.78. The Kier molecular flexibility index (Phi) is 5.42. The molecule has 26 heavy (non-hydrogen) atoms. The molecule has 1 amide bonds. The van der Waals surface area contributed by atoms with Crippen LogP contribution in [0.4, 0.5) is 0 Å². The minimum absolute atomic E-state index is 0.0747. The molecule has 0 radical (unpaired) electrons. The number of aryl methyl sites for hydroxylation is 1. The lowest BCUT2D eigenvalue weighted by Crippen LogP contribution is -2.34. The third-order valence-electron chi connectivity index (χ3n) is 4.38. The first kappa shape index (κ1) is 18.2. The maximum absolute atomic E-state index is 13.2. The predicted octanol–water partition coefficient (Wildman–Crippen LogP) is 4.94. The van der Waals surface area contributed by atoms with Crippen LogP contribution in [0.1, 0.15) is 40.8 Å². The Bertz CT molecular complexity index is 886. The highest BCUT2D eigenvalue weighted by atomic mass is 32.1. The smallest absolute Gasteiger partial charge is 0.274 e. The number of hydrogen-bond donors (Lipinski definition) is 0. The number of nitrogens with zero attached hydrogens (tertiary/aromatic N) is 2. The molecule has 0 aliphatic heterocycles. The molecule has 6 heteroatoms. The Morgan fingerprint density at radius 1 is 1.35 bits per heavy atom. The van der Waals surface area contributed by atoms with Gasteiger partial charge >= 0.3 is 0 Å². The highest BCUT2D eigenvalue weighted by Gasteiger charge is 2.26. The molecule has 1 unspecified atom stereocenters. The molecule has 0 N–H and O–H groups in total. The second-order valence-electron chi connectivity index (χ2n) is 5.94. The van der Waals surface area contributed by atoms with Crippen LogP contribution >= 0.6 is 11.3 Å². The number of aromatic nitrogens is 1. The molecule has 0 saturated carbocycles. The van der Waals surface area contributed by atoms with Crippen molar-refractivity contribution >= 4 is 17.2 Å². The van der Waals surface area contributed by atoms with Gasteiger partial charge in [0.2, 0.25) is 0 Å². The first-order valence-electron chi connectivity index (χ1n) is 8.51. The van der Waals surface area contributed by atoms with Crippen molar-refractivity contribution in [3.05, 3.63) is 58.8 Å². The number of thiazole rings is 1. The van der Waals surface area contributed by atoms with Gasteiger partial charge in [0.1, 0.15) is 11.4 Å². The quantitative estimate of drug-likeness (QED) is 0.616. The summed E-state index contributed by atoms with van der Waals surface area (Å²) in [6, 6.07) is 11.4. The van der Waals surface area contributed by atoms with Crippen LogP contribution < -0.4 is 4.74 Å². The van der Waals surface area contributed by atoms with Crippen LogP contribution in [0.3, 0.4) is 0 Å². The molecule has 0 saturated heterocycles. The fraction of sp³-hybridized carbons (Fsp3) is 0.300. The molecule has 136 valence electrons. The Balaban J connectivity index is 1.89. The van der Waals surface area contributed by atoms with Crippen molar-refractivity contribution in [3.8, 4) is 16.5 Å². The van der Waals surface area contributed by atoms with Gasteiger partial charge in [0, 0.05) is 11.4 Å². The van der Waals surface area contributed by atoms with Crippen LogP contribution in [0.15, 0.2) is 47.1 Å². The molecule has 0 bridgehead atoms. The van der Waals surface area contributed by atoms with Gasteiger partial charge in [-0.05, 0) is 50.6 Å². The van der Waals surface area contributed by atoms with Crippen molar-refractivity contribution in [2.24, 2.45) is 0 Å². The van der Waals surface area contributed by atoms with E-state index in [1.165, 1.54) is 11.3 Å². The fourth-order valence-electron chi connectivity index (χ4n) is 2.91. The lowest BCUT2D eigenvalue weighted by molar-refractivity contribution is 0.0696. The van der Waals surface area contributed by atoms with Crippen LogP contribution in [0.5, 0.6) is 5.75 Å². The summed E-state index contributed by atoms with van der Waals surface area (Å²) in [6.07, 6.45) is 1.61. The maximum Gasteiger partial charge on any atom is 0.274 e. The number of benzene rings is 1. The van der Waals surface area contributed by atoms with Gasteiger partial charge in [-0.2, -0.15) is 0 Å². The standard InChI is InChI=1S/C20H22N2O3S/c1-5-22(13(2)15-8-6-9-16(12-15)24-4)20(23)18-14(3)26-19(21-18)17-10-7-11-25-17/h6-13H,5H2,1-4H3. The van der Waals surface area contributed by atoms with E-state index in [0.717, 1.165) is 21.2 Å². The number of rotatable bonds is 6. The number of amides is 1. The van der Waals surface area contributed by atoms with Crippen LogP contribution in [-0.2, 0) is 0 Å². The van der Waals surface area contributed by atoms with E-state index < -0.39 is 0 Å². The molecule has 3 rings (SSSR count). The minimum Gasteiger partial charge on any atom is -0.497 e. The summed E-state index contributed by atoms with van der Waals surface area (Å²) in [4.78, 5) is 20.4. The second-order valence-corrected chi connectivity index (χ2v) is 7.15. The summed E-state index contributed by atoms with van der Waals surface area (Å²) in [7, 11) is 1.64. The van der Waals surface area contributed by atoms with Gasteiger partial charge in [0.05, 0.1) is 19.4 Å². The summed E-state index contributed by atoms with van der Waals surface area (Å²) in [5.41, 5.74) is 1.51. The highest BCUT2D eigenvalue weighted by Crippen LogP contribution is 2.31. The molecule has 0 fully saturated rings. The number of furan rings is 1. The normalized spacial score (nSPS) is 12.0.